The lowest BCUT2D eigenvalue weighted by Crippen LogP contribution is -2.36. The summed E-state index contributed by atoms with van der Waals surface area (Å²) in [5, 5.41) is 12.4. The molecule has 2 rings (SSSR count). The molecule has 0 saturated carbocycles. The third kappa shape index (κ3) is 4.06. The first-order valence-electron chi connectivity index (χ1n) is 7.68. The number of carboxylic acid groups (broad SMARTS) is 1. The van der Waals surface area contributed by atoms with E-state index in [-0.39, 0.29) is 5.92 Å². The van der Waals surface area contributed by atoms with Gasteiger partial charge in [-0.2, -0.15) is 0 Å². The van der Waals surface area contributed by atoms with E-state index in [1.807, 2.05) is 19.9 Å². The third-order valence-electron chi connectivity index (χ3n) is 4.12. The van der Waals surface area contributed by atoms with Gasteiger partial charge in [-0.25, -0.2) is 14.8 Å². The van der Waals surface area contributed by atoms with Gasteiger partial charge >= 0.3 is 5.97 Å². The zero-order valence-electron chi connectivity index (χ0n) is 12.7. The molecule has 2 N–H and O–H groups in total. The molecule has 1 aliphatic heterocycles. The van der Waals surface area contributed by atoms with Crippen LogP contribution in [0.1, 0.15) is 39.5 Å². The van der Waals surface area contributed by atoms with Crippen LogP contribution >= 0.6 is 0 Å². The highest BCUT2D eigenvalue weighted by atomic mass is 16.4. The molecule has 0 spiro atoms. The molecule has 2 heterocycles. The maximum atomic E-state index is 11.4. The van der Waals surface area contributed by atoms with Gasteiger partial charge in [0.2, 0.25) is 0 Å². The van der Waals surface area contributed by atoms with Crippen molar-refractivity contribution in [1.82, 2.24) is 9.97 Å². The van der Waals surface area contributed by atoms with E-state index in [4.69, 9.17) is 0 Å². The first kappa shape index (κ1) is 15.5. The molecule has 1 aliphatic rings. The van der Waals surface area contributed by atoms with Gasteiger partial charge in [-0.3, -0.25) is 0 Å². The van der Waals surface area contributed by atoms with E-state index >= 15 is 0 Å². The number of aliphatic carboxylic acids is 1. The van der Waals surface area contributed by atoms with Crippen LogP contribution in [0.15, 0.2) is 12.4 Å². The second-order valence-electron chi connectivity index (χ2n) is 5.65. The summed E-state index contributed by atoms with van der Waals surface area (Å²) in [5.41, 5.74) is 0. The number of carbonyl (C=O) groups is 1. The van der Waals surface area contributed by atoms with Crippen molar-refractivity contribution < 1.29 is 9.90 Å². The summed E-state index contributed by atoms with van der Waals surface area (Å²) in [4.78, 5) is 22.1. The zero-order valence-corrected chi connectivity index (χ0v) is 12.7. The maximum absolute atomic E-state index is 11.4. The lowest BCUT2D eigenvalue weighted by Gasteiger charge is -2.28. The summed E-state index contributed by atoms with van der Waals surface area (Å²) >= 11 is 0. The number of nitrogens with zero attached hydrogens (tertiary/aromatic N) is 3. The molecule has 6 heteroatoms. The van der Waals surface area contributed by atoms with Crippen LogP contribution in [0, 0.1) is 5.92 Å². The lowest BCUT2D eigenvalue weighted by atomic mass is 9.99. The fourth-order valence-electron chi connectivity index (χ4n) is 2.56. The first-order chi connectivity index (χ1) is 10.1. The Hall–Kier alpha value is -1.85. The SMILES string of the molecule is CC[C@H](C)[C@H](Nc1cc(N2CCCCC2)ncn1)C(=O)O. The molecule has 0 amide bonds. The van der Waals surface area contributed by atoms with E-state index in [2.05, 4.69) is 20.2 Å². The van der Waals surface area contributed by atoms with E-state index in [0.717, 1.165) is 25.3 Å². The number of nitrogens with one attached hydrogen (secondary N) is 1. The van der Waals surface area contributed by atoms with Gasteiger partial charge in [-0.05, 0) is 25.2 Å². The van der Waals surface area contributed by atoms with Gasteiger partial charge in [-0.15, -0.1) is 0 Å². The number of anilines is 2. The quantitative estimate of drug-likeness (QED) is 0.838. The molecule has 116 valence electrons. The van der Waals surface area contributed by atoms with Gasteiger partial charge in [0.15, 0.2) is 0 Å². The molecule has 0 unspecified atom stereocenters. The molecule has 0 radical (unpaired) electrons. The van der Waals surface area contributed by atoms with Crippen LogP contribution in [0.5, 0.6) is 0 Å². The molecule has 1 aromatic heterocycles. The Morgan fingerprint density at radius 1 is 1.38 bits per heavy atom. The van der Waals surface area contributed by atoms with Gasteiger partial charge in [0.05, 0.1) is 0 Å². The minimum Gasteiger partial charge on any atom is -0.480 e. The summed E-state index contributed by atoms with van der Waals surface area (Å²) in [6.07, 6.45) is 5.92. The Balaban J connectivity index is 2.10. The molecule has 0 aliphatic carbocycles. The molecule has 1 saturated heterocycles. The largest absolute Gasteiger partial charge is 0.480 e. The summed E-state index contributed by atoms with van der Waals surface area (Å²) < 4.78 is 0. The van der Waals surface area contributed by atoms with Crippen molar-refractivity contribution in [3.63, 3.8) is 0 Å². The van der Waals surface area contributed by atoms with Crippen LogP contribution in [0.4, 0.5) is 11.6 Å². The Morgan fingerprint density at radius 2 is 2.10 bits per heavy atom. The highest BCUT2D eigenvalue weighted by Gasteiger charge is 2.24. The number of carboxylic acids is 1. The van der Waals surface area contributed by atoms with Crippen LogP contribution in [0.3, 0.4) is 0 Å². The number of hydrogen-bond donors (Lipinski definition) is 2. The van der Waals surface area contributed by atoms with Gasteiger partial charge in [0.25, 0.3) is 0 Å². The number of rotatable bonds is 6. The van der Waals surface area contributed by atoms with E-state index in [1.54, 1.807) is 0 Å². The molecule has 0 aromatic carbocycles. The average molecular weight is 292 g/mol. The van der Waals surface area contributed by atoms with Gasteiger partial charge in [-0.1, -0.05) is 20.3 Å². The normalized spacial score (nSPS) is 18.1. The highest BCUT2D eigenvalue weighted by molar-refractivity contribution is 5.77. The van der Waals surface area contributed by atoms with Crippen molar-refractivity contribution in [1.29, 1.82) is 0 Å². The van der Waals surface area contributed by atoms with E-state index in [0.29, 0.717) is 5.82 Å². The van der Waals surface area contributed by atoms with E-state index in [1.165, 1.54) is 25.6 Å². The minimum absolute atomic E-state index is 0.0379. The first-order valence-corrected chi connectivity index (χ1v) is 7.68. The summed E-state index contributed by atoms with van der Waals surface area (Å²) in [5.74, 6) is 0.650. The molecule has 1 aromatic rings. The molecule has 21 heavy (non-hydrogen) atoms. The Bertz CT molecular complexity index is 474. The Kier molecular flexibility index (Phi) is 5.36. The van der Waals surface area contributed by atoms with E-state index in [9.17, 15) is 9.90 Å². The van der Waals surface area contributed by atoms with Gasteiger partial charge in [0, 0.05) is 19.2 Å². The number of hydrogen-bond acceptors (Lipinski definition) is 5. The standard InChI is InChI=1S/C15H24N4O2/c1-3-11(2)14(15(20)21)18-12-9-13(17-10-16-12)19-7-5-4-6-8-19/h9-11,14H,3-8H2,1-2H3,(H,20,21)(H,16,17,18)/t11-,14-/m0/s1. The van der Waals surface area contributed by atoms with Crippen LogP contribution in [0.25, 0.3) is 0 Å². The minimum atomic E-state index is -0.845. The maximum Gasteiger partial charge on any atom is 0.326 e. The number of piperidine rings is 1. The predicted octanol–water partition coefficient (Wildman–Crippen LogP) is 2.38. The van der Waals surface area contributed by atoms with Crippen molar-refractivity contribution in [3.05, 3.63) is 12.4 Å². The zero-order chi connectivity index (χ0) is 15.2. The van der Waals surface area contributed by atoms with Crippen molar-refractivity contribution >= 4 is 17.6 Å². The Labute approximate surface area is 125 Å². The second-order valence-corrected chi connectivity index (χ2v) is 5.65. The topological polar surface area (TPSA) is 78.3 Å². The smallest absolute Gasteiger partial charge is 0.326 e. The van der Waals surface area contributed by atoms with Crippen LogP contribution in [0.2, 0.25) is 0 Å². The van der Waals surface area contributed by atoms with Gasteiger partial charge in [0.1, 0.15) is 24.0 Å². The summed E-state index contributed by atoms with van der Waals surface area (Å²) in [7, 11) is 0. The molecule has 0 bridgehead atoms. The van der Waals surface area contributed by atoms with Crippen LogP contribution in [-0.4, -0.2) is 40.2 Å². The summed E-state index contributed by atoms with van der Waals surface area (Å²) in [6, 6.07) is 1.23. The number of aromatic nitrogens is 2. The molecule has 6 nitrogen and oxygen atoms in total. The van der Waals surface area contributed by atoms with Crippen LogP contribution < -0.4 is 10.2 Å². The van der Waals surface area contributed by atoms with Crippen molar-refractivity contribution in [2.45, 2.75) is 45.6 Å². The third-order valence-corrected chi connectivity index (χ3v) is 4.12. The average Bonchev–Trinajstić information content (AvgIpc) is 2.53. The molecule has 2 atom stereocenters. The van der Waals surface area contributed by atoms with Crippen molar-refractivity contribution in [2.75, 3.05) is 23.3 Å². The fraction of sp³-hybridized carbons (Fsp3) is 0.667. The lowest BCUT2D eigenvalue weighted by molar-refractivity contribution is -0.139. The monoisotopic (exact) mass is 292 g/mol. The Morgan fingerprint density at radius 3 is 2.71 bits per heavy atom. The highest BCUT2D eigenvalue weighted by Crippen LogP contribution is 2.20. The molecule has 1 fully saturated rings. The van der Waals surface area contributed by atoms with E-state index < -0.39 is 12.0 Å². The predicted molar refractivity (Wildman–Crippen MR) is 82.6 cm³/mol. The van der Waals surface area contributed by atoms with Crippen molar-refractivity contribution in [3.8, 4) is 0 Å². The second kappa shape index (κ2) is 7.24. The molecular weight excluding hydrogens is 268 g/mol. The summed E-state index contributed by atoms with van der Waals surface area (Å²) in [6.45, 7) is 5.92. The van der Waals surface area contributed by atoms with Crippen LogP contribution in [-0.2, 0) is 4.79 Å². The van der Waals surface area contributed by atoms with Crippen molar-refractivity contribution in [2.24, 2.45) is 5.92 Å². The molecular formula is C15H24N4O2. The fourth-order valence-corrected chi connectivity index (χ4v) is 2.56. The van der Waals surface area contributed by atoms with Gasteiger partial charge < -0.3 is 15.3 Å².